The number of aromatic nitrogens is 3. The number of ketones is 1. The lowest BCUT2D eigenvalue weighted by Gasteiger charge is -2.34. The minimum Gasteiger partial charge on any atom is -0.359 e. The van der Waals surface area contributed by atoms with Crippen LogP contribution in [0.5, 0.6) is 0 Å². The highest BCUT2D eigenvalue weighted by Crippen LogP contribution is 2.26. The van der Waals surface area contributed by atoms with E-state index in [2.05, 4.69) is 25.9 Å². The van der Waals surface area contributed by atoms with E-state index in [1.165, 1.54) is 11.3 Å². The second-order valence-corrected chi connectivity index (χ2v) is 9.12. The predicted molar refractivity (Wildman–Crippen MR) is 126 cm³/mol. The van der Waals surface area contributed by atoms with Gasteiger partial charge in [0, 0.05) is 63.2 Å². The van der Waals surface area contributed by atoms with E-state index < -0.39 is 0 Å². The molecule has 0 bridgehead atoms. The van der Waals surface area contributed by atoms with Crippen molar-refractivity contribution in [3.63, 3.8) is 0 Å². The van der Waals surface area contributed by atoms with Crippen LogP contribution in [0.2, 0.25) is 0 Å². The highest BCUT2D eigenvalue weighted by atomic mass is 32.1. The number of aryl methyl sites for hydroxylation is 3. The Morgan fingerprint density at radius 1 is 1.03 bits per heavy atom. The molecule has 4 rings (SSSR count). The van der Waals surface area contributed by atoms with Gasteiger partial charge in [-0.25, -0.2) is 4.98 Å². The maximum Gasteiger partial charge on any atom is 0.219 e. The van der Waals surface area contributed by atoms with Crippen LogP contribution in [0.4, 0.5) is 5.00 Å². The highest BCUT2D eigenvalue weighted by Gasteiger charge is 2.21. The van der Waals surface area contributed by atoms with E-state index in [1.807, 2.05) is 37.1 Å². The Kier molecular flexibility index (Phi) is 6.60. The molecule has 1 amide bonds. The number of thiazole rings is 1. The summed E-state index contributed by atoms with van der Waals surface area (Å²) < 4.78 is 0. The fraction of sp³-hybridized carbons (Fsp3) is 0.375. The Morgan fingerprint density at radius 2 is 1.81 bits per heavy atom. The second kappa shape index (κ2) is 9.56. The summed E-state index contributed by atoms with van der Waals surface area (Å²) in [5.74, 6) is 0.161. The molecule has 0 atom stereocenters. The van der Waals surface area contributed by atoms with Gasteiger partial charge >= 0.3 is 0 Å². The number of pyridine rings is 2. The average molecular weight is 450 g/mol. The van der Waals surface area contributed by atoms with Gasteiger partial charge in [-0.1, -0.05) is 17.4 Å². The molecule has 0 saturated carbocycles. The maximum atomic E-state index is 12.7. The number of piperazine rings is 1. The Balaban J connectivity index is 1.35. The number of carbonyl (C=O) groups excluding carboxylic acids is 2. The maximum absolute atomic E-state index is 12.7. The molecule has 8 heteroatoms. The van der Waals surface area contributed by atoms with Crippen molar-refractivity contribution in [3.05, 3.63) is 58.6 Å². The molecule has 0 unspecified atom stereocenters. The summed E-state index contributed by atoms with van der Waals surface area (Å²) in [6, 6.07) is 6.09. The van der Waals surface area contributed by atoms with Gasteiger partial charge in [-0.3, -0.25) is 19.6 Å². The van der Waals surface area contributed by atoms with E-state index in [9.17, 15) is 9.59 Å². The molecule has 0 aliphatic carbocycles. The summed E-state index contributed by atoms with van der Waals surface area (Å²) in [5.41, 5.74) is 5.09. The Bertz CT molecular complexity index is 1130. The molecule has 0 spiro atoms. The van der Waals surface area contributed by atoms with Crippen LogP contribution >= 0.6 is 11.3 Å². The Labute approximate surface area is 192 Å². The normalized spacial score (nSPS) is 14.0. The SMILES string of the molecule is CC(=O)N1CCN(c2cnc(C(=O)CCc3cnc(-c4ccnc(C)c4)c(C)c3)s2)CC1. The number of hydrogen-bond acceptors (Lipinski definition) is 7. The van der Waals surface area contributed by atoms with Crippen LogP contribution in [0.25, 0.3) is 11.3 Å². The van der Waals surface area contributed by atoms with Crippen molar-refractivity contribution in [3.8, 4) is 11.3 Å². The van der Waals surface area contributed by atoms with Gasteiger partial charge in [-0.2, -0.15) is 0 Å². The summed E-state index contributed by atoms with van der Waals surface area (Å²) in [7, 11) is 0. The first-order chi connectivity index (χ1) is 15.4. The van der Waals surface area contributed by atoms with E-state index in [0.29, 0.717) is 30.9 Å². The number of amides is 1. The predicted octanol–water partition coefficient (Wildman–Crippen LogP) is 3.70. The first-order valence-corrected chi connectivity index (χ1v) is 11.6. The molecular weight excluding hydrogens is 422 g/mol. The molecule has 1 aliphatic heterocycles. The van der Waals surface area contributed by atoms with Gasteiger partial charge in [0.15, 0.2) is 10.8 Å². The lowest BCUT2D eigenvalue weighted by molar-refractivity contribution is -0.129. The molecule has 3 aromatic heterocycles. The molecule has 0 N–H and O–H groups in total. The quantitative estimate of drug-likeness (QED) is 0.534. The third kappa shape index (κ3) is 5.02. The topological polar surface area (TPSA) is 79.3 Å². The molecule has 4 heterocycles. The standard InChI is InChI=1S/C24H27N5O2S/c1-16-12-19(14-26-23(16)20-6-7-25-17(2)13-20)4-5-21(31)24-27-15-22(32-24)29-10-8-28(9-11-29)18(3)30/h6-7,12-15H,4-5,8-11H2,1-3H3. The van der Waals surface area contributed by atoms with E-state index in [0.717, 1.165) is 46.2 Å². The third-order valence-corrected chi connectivity index (χ3v) is 6.81. The van der Waals surface area contributed by atoms with Gasteiger partial charge in [0.2, 0.25) is 5.91 Å². The van der Waals surface area contributed by atoms with Crippen LogP contribution in [0.15, 0.2) is 36.8 Å². The molecule has 3 aromatic rings. The summed E-state index contributed by atoms with van der Waals surface area (Å²) in [6.45, 7) is 8.56. The number of rotatable bonds is 6. The summed E-state index contributed by atoms with van der Waals surface area (Å²) in [5, 5.41) is 1.54. The zero-order chi connectivity index (χ0) is 22.7. The number of hydrogen-bond donors (Lipinski definition) is 0. The number of Topliss-reactive ketones (excluding diaryl/α,β-unsaturated/α-hetero) is 1. The van der Waals surface area contributed by atoms with Crippen molar-refractivity contribution in [1.82, 2.24) is 19.9 Å². The van der Waals surface area contributed by atoms with Gasteiger partial charge in [0.05, 0.1) is 11.9 Å². The molecule has 1 saturated heterocycles. The van der Waals surface area contributed by atoms with Crippen molar-refractivity contribution in [2.45, 2.75) is 33.6 Å². The molecular formula is C24H27N5O2S. The van der Waals surface area contributed by atoms with Crippen LogP contribution in [0.3, 0.4) is 0 Å². The lowest BCUT2D eigenvalue weighted by atomic mass is 10.0. The van der Waals surface area contributed by atoms with E-state index in [1.54, 1.807) is 19.3 Å². The van der Waals surface area contributed by atoms with Crippen molar-refractivity contribution in [1.29, 1.82) is 0 Å². The number of carbonyl (C=O) groups is 2. The lowest BCUT2D eigenvalue weighted by Crippen LogP contribution is -2.47. The van der Waals surface area contributed by atoms with Crippen molar-refractivity contribution >= 4 is 28.0 Å². The van der Waals surface area contributed by atoms with Gasteiger partial charge in [0.25, 0.3) is 0 Å². The fourth-order valence-corrected chi connectivity index (χ4v) is 4.85. The number of nitrogens with zero attached hydrogens (tertiary/aromatic N) is 5. The second-order valence-electron chi connectivity index (χ2n) is 8.11. The molecule has 1 fully saturated rings. The first kappa shape index (κ1) is 22.1. The van der Waals surface area contributed by atoms with E-state index in [4.69, 9.17) is 0 Å². The molecule has 32 heavy (non-hydrogen) atoms. The zero-order valence-electron chi connectivity index (χ0n) is 18.7. The third-order valence-electron chi connectivity index (χ3n) is 5.71. The molecule has 0 aromatic carbocycles. The average Bonchev–Trinajstić information content (AvgIpc) is 3.28. The summed E-state index contributed by atoms with van der Waals surface area (Å²) in [4.78, 5) is 41.5. The minimum absolute atomic E-state index is 0.0510. The smallest absolute Gasteiger partial charge is 0.219 e. The van der Waals surface area contributed by atoms with Gasteiger partial charge in [0.1, 0.15) is 5.00 Å². The zero-order valence-corrected chi connectivity index (χ0v) is 19.5. The molecule has 166 valence electrons. The Hall–Kier alpha value is -3.13. The first-order valence-electron chi connectivity index (χ1n) is 10.8. The van der Waals surface area contributed by atoms with Gasteiger partial charge in [-0.05, 0) is 43.5 Å². The van der Waals surface area contributed by atoms with Crippen molar-refractivity contribution in [2.75, 3.05) is 31.1 Å². The Morgan fingerprint density at radius 3 is 2.50 bits per heavy atom. The summed E-state index contributed by atoms with van der Waals surface area (Å²) in [6.07, 6.45) is 6.46. The van der Waals surface area contributed by atoms with Crippen LogP contribution in [0.1, 0.15) is 40.0 Å². The van der Waals surface area contributed by atoms with Crippen molar-refractivity contribution < 1.29 is 9.59 Å². The van der Waals surface area contributed by atoms with E-state index >= 15 is 0 Å². The van der Waals surface area contributed by atoms with Crippen LogP contribution in [-0.2, 0) is 11.2 Å². The minimum atomic E-state index is 0.0510. The molecule has 1 aliphatic rings. The van der Waals surface area contributed by atoms with E-state index in [-0.39, 0.29) is 11.7 Å². The monoisotopic (exact) mass is 449 g/mol. The number of anilines is 1. The fourth-order valence-electron chi connectivity index (χ4n) is 3.91. The van der Waals surface area contributed by atoms with Crippen LogP contribution < -0.4 is 4.90 Å². The van der Waals surface area contributed by atoms with Crippen LogP contribution in [0, 0.1) is 13.8 Å². The van der Waals surface area contributed by atoms with Gasteiger partial charge < -0.3 is 9.80 Å². The summed E-state index contributed by atoms with van der Waals surface area (Å²) >= 11 is 1.44. The van der Waals surface area contributed by atoms with Gasteiger partial charge in [-0.15, -0.1) is 0 Å². The molecule has 0 radical (unpaired) electrons. The highest BCUT2D eigenvalue weighted by molar-refractivity contribution is 7.17. The largest absolute Gasteiger partial charge is 0.359 e. The van der Waals surface area contributed by atoms with Crippen molar-refractivity contribution in [2.24, 2.45) is 0 Å². The molecule has 7 nitrogen and oxygen atoms in total. The van der Waals surface area contributed by atoms with Crippen LogP contribution in [-0.4, -0.2) is 57.7 Å².